The van der Waals surface area contributed by atoms with Gasteiger partial charge in [-0.1, -0.05) is 48.4 Å². The zero-order valence-corrected chi connectivity index (χ0v) is 15.6. The first kappa shape index (κ1) is 20.0. The lowest BCUT2D eigenvalue weighted by Crippen LogP contribution is -2.43. The molecule has 0 amide bonds. The minimum atomic E-state index is -4.38. The molecule has 0 aromatic heterocycles. The molecule has 146 valence electrons. The van der Waals surface area contributed by atoms with Gasteiger partial charge in [0.25, 0.3) is 0 Å². The number of nitrogens with one attached hydrogen (secondary N) is 1. The Morgan fingerprint density at radius 2 is 1.89 bits per heavy atom. The van der Waals surface area contributed by atoms with Crippen LogP contribution in [0, 0.1) is 0 Å². The zero-order valence-electron chi connectivity index (χ0n) is 14.8. The average Bonchev–Trinajstić information content (AvgIpc) is 2.66. The quantitative estimate of drug-likeness (QED) is 0.694. The van der Waals surface area contributed by atoms with Crippen molar-refractivity contribution >= 4 is 11.6 Å². The molecular formula is C20H22ClF3N2O. The zero-order chi connectivity index (χ0) is 19.3. The molecule has 3 nitrogen and oxygen atoms in total. The third kappa shape index (κ3) is 5.86. The third-order valence-electron chi connectivity index (χ3n) is 4.57. The van der Waals surface area contributed by atoms with Crippen molar-refractivity contribution in [2.75, 3.05) is 13.2 Å². The van der Waals surface area contributed by atoms with Crippen molar-refractivity contribution in [3.05, 3.63) is 64.7 Å². The summed E-state index contributed by atoms with van der Waals surface area (Å²) in [7, 11) is 0. The van der Waals surface area contributed by atoms with Crippen molar-refractivity contribution in [1.29, 1.82) is 0 Å². The molecular weight excluding hydrogens is 377 g/mol. The molecule has 1 heterocycles. The average molecular weight is 399 g/mol. The molecule has 7 heteroatoms. The summed E-state index contributed by atoms with van der Waals surface area (Å²) in [5.74, 6) is 0.192. The monoisotopic (exact) mass is 398 g/mol. The van der Waals surface area contributed by atoms with Crippen LogP contribution in [0.2, 0.25) is 5.02 Å². The fraction of sp³-hybridized carbons (Fsp3) is 0.400. The fourth-order valence-electron chi connectivity index (χ4n) is 3.32. The van der Waals surface area contributed by atoms with Crippen LogP contribution in [0.1, 0.15) is 36.4 Å². The summed E-state index contributed by atoms with van der Waals surface area (Å²) in [6.45, 7) is -0.103. The third-order valence-corrected chi connectivity index (χ3v) is 4.81. The highest BCUT2D eigenvalue weighted by Gasteiger charge is 2.29. The molecule has 1 fully saturated rings. The van der Waals surface area contributed by atoms with E-state index in [9.17, 15) is 13.2 Å². The topological polar surface area (TPSA) is 24.5 Å². The first-order valence-corrected chi connectivity index (χ1v) is 9.33. The molecule has 1 aliphatic rings. The van der Waals surface area contributed by atoms with Crippen LogP contribution in [0.25, 0.3) is 0 Å². The molecule has 0 aliphatic carbocycles. The van der Waals surface area contributed by atoms with Crippen molar-refractivity contribution in [1.82, 2.24) is 10.4 Å². The first-order valence-electron chi connectivity index (χ1n) is 8.95. The molecule has 0 spiro atoms. The molecule has 1 N–H and O–H groups in total. The second-order valence-electron chi connectivity index (χ2n) is 6.61. The van der Waals surface area contributed by atoms with Crippen molar-refractivity contribution in [3.63, 3.8) is 0 Å². The van der Waals surface area contributed by atoms with Gasteiger partial charge in [-0.3, -0.25) is 5.43 Å². The number of rotatable bonds is 6. The summed E-state index contributed by atoms with van der Waals surface area (Å²) in [5, 5.41) is 2.62. The summed E-state index contributed by atoms with van der Waals surface area (Å²) in [4.78, 5) is 0. The van der Waals surface area contributed by atoms with E-state index in [1.54, 1.807) is 6.07 Å². The van der Waals surface area contributed by atoms with Crippen LogP contribution in [0.3, 0.4) is 0 Å². The van der Waals surface area contributed by atoms with Gasteiger partial charge in [0.05, 0.1) is 0 Å². The van der Waals surface area contributed by atoms with Crippen molar-refractivity contribution < 1.29 is 17.9 Å². The Morgan fingerprint density at radius 3 is 2.63 bits per heavy atom. The Hall–Kier alpha value is -1.76. The summed E-state index contributed by atoms with van der Waals surface area (Å²) in [6.07, 6.45) is -1.13. The van der Waals surface area contributed by atoms with E-state index in [4.69, 9.17) is 16.3 Å². The van der Waals surface area contributed by atoms with Gasteiger partial charge in [-0.2, -0.15) is 13.2 Å². The summed E-state index contributed by atoms with van der Waals surface area (Å²) in [5.41, 5.74) is 5.19. The van der Waals surface area contributed by atoms with E-state index in [0.29, 0.717) is 17.1 Å². The van der Waals surface area contributed by atoms with Crippen LogP contribution in [-0.2, 0) is 6.54 Å². The standard InChI is InChI=1S/C20H22ClF3N2O/c21-17-9-10-19(27-14-20(22,23)24)16(12-17)13-25-26-11-5-4-8-18(26)15-6-2-1-3-7-15/h1-3,6-7,9-10,12,18,25H,4-5,8,11,13-14H2. The molecule has 2 aromatic rings. The van der Waals surface area contributed by atoms with Gasteiger partial charge < -0.3 is 4.74 Å². The molecule has 0 bridgehead atoms. The number of hydrogen-bond donors (Lipinski definition) is 1. The number of halogens is 4. The molecule has 1 atom stereocenters. The Labute approximate surface area is 162 Å². The number of nitrogens with zero attached hydrogens (tertiary/aromatic N) is 1. The smallest absolute Gasteiger partial charge is 0.422 e. The van der Waals surface area contributed by atoms with E-state index < -0.39 is 12.8 Å². The molecule has 0 saturated carbocycles. The van der Waals surface area contributed by atoms with Crippen molar-refractivity contribution in [3.8, 4) is 5.75 Å². The second-order valence-corrected chi connectivity index (χ2v) is 7.04. The highest BCUT2D eigenvalue weighted by Crippen LogP contribution is 2.30. The van der Waals surface area contributed by atoms with E-state index in [1.807, 2.05) is 18.2 Å². The SMILES string of the molecule is FC(F)(F)COc1ccc(Cl)cc1CNN1CCCCC1c1ccccc1. The normalized spacial score (nSPS) is 18.4. The molecule has 1 aliphatic heterocycles. The van der Waals surface area contributed by atoms with Crippen molar-refractivity contribution in [2.24, 2.45) is 0 Å². The van der Waals surface area contributed by atoms with Gasteiger partial charge in [0.1, 0.15) is 5.75 Å². The maximum atomic E-state index is 12.5. The summed E-state index contributed by atoms with van der Waals surface area (Å²) < 4.78 is 42.4. The first-order chi connectivity index (χ1) is 12.9. The maximum absolute atomic E-state index is 12.5. The lowest BCUT2D eigenvalue weighted by molar-refractivity contribution is -0.153. The van der Waals surface area contributed by atoms with E-state index in [-0.39, 0.29) is 11.8 Å². The highest BCUT2D eigenvalue weighted by molar-refractivity contribution is 6.30. The van der Waals surface area contributed by atoms with Crippen molar-refractivity contribution in [2.45, 2.75) is 38.0 Å². The maximum Gasteiger partial charge on any atom is 0.422 e. The highest BCUT2D eigenvalue weighted by atomic mass is 35.5. The second kappa shape index (κ2) is 8.95. The van der Waals surface area contributed by atoms with E-state index in [2.05, 4.69) is 22.6 Å². The van der Waals surface area contributed by atoms with Crippen LogP contribution in [-0.4, -0.2) is 24.3 Å². The van der Waals surface area contributed by atoms with Crippen LogP contribution in [0.5, 0.6) is 5.75 Å². The minimum Gasteiger partial charge on any atom is -0.484 e. The predicted octanol–water partition coefficient (Wildman–Crippen LogP) is 5.51. The van der Waals surface area contributed by atoms with Gasteiger partial charge in [0.2, 0.25) is 0 Å². The number of alkyl halides is 3. The minimum absolute atomic E-state index is 0.192. The summed E-state index contributed by atoms with van der Waals surface area (Å²) >= 11 is 6.03. The Morgan fingerprint density at radius 1 is 1.11 bits per heavy atom. The van der Waals surface area contributed by atoms with Gasteiger partial charge in [-0.05, 0) is 36.6 Å². The molecule has 2 aromatic carbocycles. The van der Waals surface area contributed by atoms with Gasteiger partial charge in [0, 0.05) is 29.7 Å². The Balaban J connectivity index is 1.70. The number of benzene rings is 2. The van der Waals surface area contributed by atoms with E-state index in [1.165, 1.54) is 17.7 Å². The number of hydrogen-bond acceptors (Lipinski definition) is 3. The van der Waals surface area contributed by atoms with E-state index >= 15 is 0 Å². The largest absolute Gasteiger partial charge is 0.484 e. The van der Waals surface area contributed by atoms with Gasteiger partial charge in [-0.15, -0.1) is 0 Å². The van der Waals surface area contributed by atoms with Gasteiger partial charge in [0.15, 0.2) is 6.61 Å². The Bertz CT molecular complexity index is 740. The van der Waals surface area contributed by atoms with Crippen LogP contribution >= 0.6 is 11.6 Å². The van der Waals surface area contributed by atoms with Crippen LogP contribution in [0.4, 0.5) is 13.2 Å². The molecule has 0 radical (unpaired) electrons. The predicted molar refractivity (Wildman–Crippen MR) is 99.6 cm³/mol. The number of ether oxygens (including phenoxy) is 1. The number of piperidine rings is 1. The molecule has 3 rings (SSSR count). The van der Waals surface area contributed by atoms with Crippen LogP contribution < -0.4 is 10.2 Å². The van der Waals surface area contributed by atoms with E-state index in [0.717, 1.165) is 25.8 Å². The fourth-order valence-corrected chi connectivity index (χ4v) is 3.51. The summed E-state index contributed by atoms with van der Waals surface area (Å²) in [6, 6.07) is 15.1. The lowest BCUT2D eigenvalue weighted by atomic mass is 9.97. The molecule has 1 unspecified atom stereocenters. The lowest BCUT2D eigenvalue weighted by Gasteiger charge is -2.36. The van der Waals surface area contributed by atoms with Gasteiger partial charge >= 0.3 is 6.18 Å². The Kier molecular flexibility index (Phi) is 6.63. The van der Waals surface area contributed by atoms with Gasteiger partial charge in [-0.25, -0.2) is 5.01 Å². The van der Waals surface area contributed by atoms with Crippen LogP contribution in [0.15, 0.2) is 48.5 Å². The molecule has 27 heavy (non-hydrogen) atoms. The number of hydrazine groups is 1. The molecule has 1 saturated heterocycles.